The summed E-state index contributed by atoms with van der Waals surface area (Å²) < 4.78 is 87.6. The zero-order valence-corrected chi connectivity index (χ0v) is 24.7. The number of fused-ring (bicyclic) bond motifs is 1. The summed E-state index contributed by atoms with van der Waals surface area (Å²) in [7, 11) is 0. The third-order valence-corrected chi connectivity index (χ3v) is 8.66. The van der Waals surface area contributed by atoms with Crippen molar-refractivity contribution in [3.8, 4) is 5.88 Å². The first kappa shape index (κ1) is 31.5. The molecule has 232 valence electrons. The van der Waals surface area contributed by atoms with Crippen molar-refractivity contribution in [2.45, 2.75) is 76.9 Å². The van der Waals surface area contributed by atoms with Crippen LogP contribution in [0.5, 0.6) is 5.88 Å². The summed E-state index contributed by atoms with van der Waals surface area (Å²) in [4.78, 5) is 22.5. The van der Waals surface area contributed by atoms with Crippen LogP contribution in [-0.4, -0.2) is 55.4 Å². The van der Waals surface area contributed by atoms with E-state index in [1.165, 1.54) is 25.1 Å². The first-order valence-electron chi connectivity index (χ1n) is 13.6. The molecule has 3 heterocycles. The molecule has 4 atom stereocenters. The largest absolute Gasteiger partial charge is 0.491 e. The van der Waals surface area contributed by atoms with Crippen LogP contribution in [0.15, 0.2) is 24.3 Å². The van der Waals surface area contributed by atoms with E-state index in [-0.39, 0.29) is 28.3 Å². The number of likely N-dealkylation sites (tertiary alicyclic amines) is 1. The summed E-state index contributed by atoms with van der Waals surface area (Å²) in [5, 5.41) is 4.19. The fourth-order valence-electron chi connectivity index (χ4n) is 5.96. The Kier molecular flexibility index (Phi) is 8.47. The Hall–Kier alpha value is -2.90. The minimum absolute atomic E-state index is 0.0201. The highest BCUT2D eigenvalue weighted by atomic mass is 35.5. The van der Waals surface area contributed by atoms with E-state index >= 15 is 0 Å². The van der Waals surface area contributed by atoms with Gasteiger partial charge in [0.1, 0.15) is 11.2 Å². The molecule has 5 rings (SSSR count). The molecule has 1 aromatic carbocycles. The average molecular weight is 650 g/mol. The van der Waals surface area contributed by atoms with Crippen molar-refractivity contribution >= 4 is 45.9 Å². The van der Waals surface area contributed by atoms with Crippen molar-refractivity contribution < 1.29 is 35.9 Å². The quantitative estimate of drug-likeness (QED) is 0.207. The first-order chi connectivity index (χ1) is 20.1. The Morgan fingerprint density at radius 3 is 2.42 bits per heavy atom. The lowest BCUT2D eigenvalue weighted by Crippen LogP contribution is -2.42. The topological polar surface area (TPSA) is 73.1 Å². The van der Waals surface area contributed by atoms with Gasteiger partial charge in [0.15, 0.2) is 11.3 Å². The SMILES string of the molecule is CC1CC(c2nc3c(nc2OC(=O)C(F)(F)F)c(C(F)(F)F)nn3[C@H](C)c2ccc(Cl)cc2Cl)=CCC1N1CCC[C@H]1C. The second-order valence-corrected chi connectivity index (χ2v) is 11.9. The molecule has 2 aliphatic rings. The van der Waals surface area contributed by atoms with Crippen LogP contribution in [0, 0.1) is 5.92 Å². The molecule has 2 unspecified atom stereocenters. The normalized spacial score (nSPS) is 22.6. The van der Waals surface area contributed by atoms with Crippen LogP contribution in [0.4, 0.5) is 26.3 Å². The lowest BCUT2D eigenvalue weighted by Gasteiger charge is -2.38. The molecule has 2 aromatic heterocycles. The number of carbonyl (C=O) groups is 1. The van der Waals surface area contributed by atoms with E-state index in [0.29, 0.717) is 35.0 Å². The molecule has 0 radical (unpaired) electrons. The number of hydrogen-bond acceptors (Lipinski definition) is 6. The van der Waals surface area contributed by atoms with Gasteiger partial charge in [0, 0.05) is 22.1 Å². The Morgan fingerprint density at radius 1 is 1.12 bits per heavy atom. The van der Waals surface area contributed by atoms with Crippen LogP contribution in [-0.2, 0) is 11.0 Å². The zero-order valence-electron chi connectivity index (χ0n) is 23.2. The highest BCUT2D eigenvalue weighted by Gasteiger charge is 2.44. The van der Waals surface area contributed by atoms with E-state index in [9.17, 15) is 31.1 Å². The van der Waals surface area contributed by atoms with Gasteiger partial charge in [-0.3, -0.25) is 4.90 Å². The van der Waals surface area contributed by atoms with Crippen molar-refractivity contribution in [1.29, 1.82) is 0 Å². The first-order valence-corrected chi connectivity index (χ1v) is 14.4. The summed E-state index contributed by atoms with van der Waals surface area (Å²) in [6, 6.07) is 4.06. The molecule has 1 aliphatic carbocycles. The number of benzene rings is 1. The van der Waals surface area contributed by atoms with Crippen LogP contribution in [0.2, 0.25) is 10.0 Å². The summed E-state index contributed by atoms with van der Waals surface area (Å²) in [6.07, 6.45) is -5.74. The molecule has 0 bridgehead atoms. The number of hydrogen-bond donors (Lipinski definition) is 0. The minimum Gasteiger partial charge on any atom is -0.398 e. The number of halogens is 8. The molecule has 0 saturated carbocycles. The molecular weight excluding hydrogens is 623 g/mol. The average Bonchev–Trinajstić information content (AvgIpc) is 3.50. The number of allylic oxidation sites excluding steroid dienone is 1. The van der Waals surface area contributed by atoms with Crippen molar-refractivity contribution in [3.63, 3.8) is 0 Å². The van der Waals surface area contributed by atoms with Crippen molar-refractivity contribution in [1.82, 2.24) is 24.6 Å². The Morgan fingerprint density at radius 2 is 1.84 bits per heavy atom. The van der Waals surface area contributed by atoms with E-state index in [1.807, 2.05) is 6.92 Å². The highest BCUT2D eigenvalue weighted by Crippen LogP contribution is 2.42. The van der Waals surface area contributed by atoms with Gasteiger partial charge < -0.3 is 4.74 Å². The summed E-state index contributed by atoms with van der Waals surface area (Å²) in [5.41, 5.74) is -2.21. The van der Waals surface area contributed by atoms with Gasteiger partial charge in [-0.15, -0.1) is 0 Å². The molecule has 0 spiro atoms. The fraction of sp³-hybridized carbons (Fsp3) is 0.500. The molecule has 7 nitrogen and oxygen atoms in total. The number of aromatic nitrogens is 4. The molecule has 43 heavy (non-hydrogen) atoms. The van der Waals surface area contributed by atoms with Gasteiger partial charge in [-0.05, 0) is 75.3 Å². The maximum atomic E-state index is 14.2. The number of alkyl halides is 6. The Balaban J connectivity index is 1.68. The molecule has 0 N–H and O–H groups in total. The third-order valence-electron chi connectivity index (χ3n) is 8.10. The lowest BCUT2D eigenvalue weighted by molar-refractivity contribution is -0.190. The fourth-order valence-corrected chi connectivity index (χ4v) is 6.52. The van der Waals surface area contributed by atoms with Crippen LogP contribution in [0.25, 0.3) is 16.7 Å². The van der Waals surface area contributed by atoms with Gasteiger partial charge in [0.25, 0.3) is 0 Å². The number of nitrogens with zero attached hydrogens (tertiary/aromatic N) is 5. The minimum atomic E-state index is -5.42. The summed E-state index contributed by atoms with van der Waals surface area (Å²) in [6.45, 7) is 6.59. The van der Waals surface area contributed by atoms with Gasteiger partial charge in [0.05, 0.1) is 6.04 Å². The van der Waals surface area contributed by atoms with Crippen molar-refractivity contribution in [2.75, 3.05) is 6.54 Å². The van der Waals surface area contributed by atoms with Crippen LogP contribution in [0.3, 0.4) is 0 Å². The van der Waals surface area contributed by atoms with Gasteiger partial charge in [0.2, 0.25) is 5.88 Å². The molecule has 15 heteroatoms. The van der Waals surface area contributed by atoms with E-state index in [0.717, 1.165) is 24.1 Å². The number of ether oxygens (including phenoxy) is 1. The van der Waals surface area contributed by atoms with Gasteiger partial charge in [-0.25, -0.2) is 19.4 Å². The standard InChI is InChI=1S/C28H27Cl2F6N5O2/c1-13-11-16(6-9-20(13)40-10-4-5-14(40)2)21-25(43-26(42)28(34,35)36)38-22-23(27(31,32)33)39-41(24(22)37-21)15(3)18-8-7-17(29)12-19(18)30/h6-8,12-15,20H,4-5,9-11H2,1-3H3/t13?,14-,15-,20?/m1/s1. The number of esters is 1. The second-order valence-electron chi connectivity index (χ2n) is 11.0. The number of carbonyl (C=O) groups excluding carboxylic acids is 1. The summed E-state index contributed by atoms with van der Waals surface area (Å²) >= 11 is 12.3. The third kappa shape index (κ3) is 6.21. The van der Waals surface area contributed by atoms with E-state index in [2.05, 4.69) is 31.6 Å². The van der Waals surface area contributed by atoms with Crippen molar-refractivity contribution in [2.24, 2.45) is 5.92 Å². The van der Waals surface area contributed by atoms with Gasteiger partial charge in [-0.2, -0.15) is 31.4 Å². The maximum Gasteiger partial charge on any atom is 0.491 e. The van der Waals surface area contributed by atoms with Gasteiger partial charge in [-0.1, -0.05) is 42.3 Å². The zero-order chi connectivity index (χ0) is 31.4. The molecule has 3 aromatic rings. The second kappa shape index (κ2) is 11.6. The predicted octanol–water partition coefficient (Wildman–Crippen LogP) is 7.90. The van der Waals surface area contributed by atoms with Gasteiger partial charge >= 0.3 is 18.3 Å². The molecular formula is C28H27Cl2F6N5O2. The Bertz CT molecular complexity index is 1590. The highest BCUT2D eigenvalue weighted by molar-refractivity contribution is 6.35. The monoisotopic (exact) mass is 649 g/mol. The molecule has 1 fully saturated rings. The Labute approximate surface area is 252 Å². The van der Waals surface area contributed by atoms with Crippen LogP contribution >= 0.6 is 23.2 Å². The van der Waals surface area contributed by atoms with Crippen LogP contribution in [0.1, 0.15) is 69.4 Å². The number of rotatable bonds is 5. The molecule has 1 aliphatic heterocycles. The van der Waals surface area contributed by atoms with Crippen molar-refractivity contribution in [3.05, 3.63) is 51.3 Å². The lowest BCUT2D eigenvalue weighted by atomic mass is 9.83. The summed E-state index contributed by atoms with van der Waals surface area (Å²) in [5.74, 6) is -3.58. The van der Waals surface area contributed by atoms with E-state index in [1.54, 1.807) is 6.08 Å². The van der Waals surface area contributed by atoms with E-state index < -0.39 is 41.5 Å². The smallest absolute Gasteiger partial charge is 0.398 e. The maximum absolute atomic E-state index is 14.2. The predicted molar refractivity (Wildman–Crippen MR) is 148 cm³/mol. The molecule has 0 amide bonds. The van der Waals surface area contributed by atoms with E-state index in [4.69, 9.17) is 23.2 Å². The van der Waals surface area contributed by atoms with Crippen LogP contribution < -0.4 is 4.74 Å². The molecule has 1 saturated heterocycles.